The van der Waals surface area contributed by atoms with Crippen LogP contribution in [0.4, 0.5) is 0 Å². The molecule has 0 N–H and O–H groups in total. The van der Waals surface area contributed by atoms with Crippen molar-refractivity contribution in [3.8, 4) is 5.75 Å². The number of rotatable bonds is 6. The number of para-hydroxylation sites is 1. The molecular formula is C18H23NO. The van der Waals surface area contributed by atoms with E-state index in [-0.39, 0.29) is 0 Å². The average molecular weight is 269 g/mol. The van der Waals surface area contributed by atoms with Crippen LogP contribution in [0.25, 0.3) is 0 Å². The van der Waals surface area contributed by atoms with Gasteiger partial charge in [-0.05, 0) is 43.8 Å². The maximum Gasteiger partial charge on any atom is 0.122 e. The first-order chi connectivity index (χ1) is 9.69. The molecule has 0 aliphatic rings. The number of aliphatic imine (C=N–C) groups is 1. The fraction of sp³-hybridized carbons (Fsp3) is 0.167. The van der Waals surface area contributed by atoms with Gasteiger partial charge in [0, 0.05) is 6.20 Å². The Hall–Kier alpha value is -2.35. The maximum atomic E-state index is 5.71. The third-order valence-corrected chi connectivity index (χ3v) is 2.42. The van der Waals surface area contributed by atoms with E-state index >= 15 is 0 Å². The Bertz CT molecular complexity index is 478. The Balaban J connectivity index is 0.000000796. The summed E-state index contributed by atoms with van der Waals surface area (Å²) in [5.41, 5.74) is 2.22. The second-order valence-corrected chi connectivity index (χ2v) is 3.89. The van der Waals surface area contributed by atoms with Crippen LogP contribution in [-0.2, 0) is 0 Å². The predicted molar refractivity (Wildman–Crippen MR) is 89.5 cm³/mol. The van der Waals surface area contributed by atoms with Crippen LogP contribution in [0.15, 0.2) is 78.5 Å². The summed E-state index contributed by atoms with van der Waals surface area (Å²) in [6.45, 7) is 14.7. The lowest BCUT2D eigenvalue weighted by Crippen LogP contribution is -2.00. The zero-order chi connectivity index (χ0) is 15.2. The van der Waals surface area contributed by atoms with Crippen molar-refractivity contribution in [2.75, 3.05) is 6.61 Å². The molecule has 0 saturated carbocycles. The van der Waals surface area contributed by atoms with Crippen LogP contribution in [0, 0.1) is 6.92 Å². The Morgan fingerprint density at radius 1 is 1.25 bits per heavy atom. The van der Waals surface area contributed by atoms with Gasteiger partial charge in [-0.15, -0.1) is 0 Å². The molecule has 0 atom stereocenters. The highest BCUT2D eigenvalue weighted by Crippen LogP contribution is 2.17. The number of hydrogen-bond donors (Lipinski definition) is 0. The van der Waals surface area contributed by atoms with Crippen LogP contribution in [-0.4, -0.2) is 13.3 Å². The summed E-state index contributed by atoms with van der Waals surface area (Å²) in [6.07, 6.45) is 8.84. The first kappa shape index (κ1) is 17.6. The lowest BCUT2D eigenvalue weighted by atomic mass is 10.2. The van der Waals surface area contributed by atoms with E-state index in [0.29, 0.717) is 6.61 Å². The fourth-order valence-electron chi connectivity index (χ4n) is 1.26. The summed E-state index contributed by atoms with van der Waals surface area (Å²) in [7, 11) is 0. The van der Waals surface area contributed by atoms with Gasteiger partial charge in [0.05, 0.1) is 0 Å². The van der Waals surface area contributed by atoms with Gasteiger partial charge in [0.25, 0.3) is 0 Å². The molecule has 0 bridgehead atoms. The minimum absolute atomic E-state index is 0.549. The van der Waals surface area contributed by atoms with Crippen molar-refractivity contribution < 1.29 is 4.74 Å². The van der Waals surface area contributed by atoms with E-state index in [1.165, 1.54) is 0 Å². The molecule has 0 saturated heterocycles. The second-order valence-electron chi connectivity index (χ2n) is 3.89. The lowest BCUT2D eigenvalue weighted by molar-refractivity contribution is 0.353. The Kier molecular flexibility index (Phi) is 10.3. The highest BCUT2D eigenvalue weighted by Gasteiger charge is 1.98. The molecule has 1 aromatic rings. The molecule has 0 amide bonds. The molecule has 2 heteroatoms. The zero-order valence-electron chi connectivity index (χ0n) is 12.4. The number of ether oxygens (including phenoxy) is 1. The van der Waals surface area contributed by atoms with Crippen molar-refractivity contribution in [3.63, 3.8) is 0 Å². The highest BCUT2D eigenvalue weighted by molar-refractivity contribution is 5.33. The quantitative estimate of drug-likeness (QED) is 0.532. The van der Waals surface area contributed by atoms with Crippen LogP contribution in [0.3, 0.4) is 0 Å². The van der Waals surface area contributed by atoms with Crippen molar-refractivity contribution in [3.05, 3.63) is 79.1 Å². The monoisotopic (exact) mass is 269 g/mol. The third-order valence-electron chi connectivity index (χ3n) is 2.42. The van der Waals surface area contributed by atoms with Gasteiger partial charge in [-0.2, -0.15) is 0 Å². The first-order valence-corrected chi connectivity index (χ1v) is 6.39. The van der Waals surface area contributed by atoms with Crippen molar-refractivity contribution in [2.24, 2.45) is 4.99 Å². The van der Waals surface area contributed by atoms with Gasteiger partial charge in [0.2, 0.25) is 0 Å². The number of aryl methyl sites for hydroxylation is 1. The van der Waals surface area contributed by atoms with Crippen LogP contribution in [0.2, 0.25) is 0 Å². The minimum atomic E-state index is 0.549. The van der Waals surface area contributed by atoms with Crippen LogP contribution in [0.1, 0.15) is 12.5 Å². The standard InChI is InChI=1S/C14H17NO.C4H6/c1-4-13(9-10-15-3)11-16-14-8-6-5-7-12(14)2;1-3-4-2/h4-10H,3,11H2,1-2H3;3-4H,1-2H2/b10-9-,13-4+;. The van der Waals surface area contributed by atoms with E-state index in [2.05, 4.69) is 24.9 Å². The molecule has 0 aliphatic heterocycles. The third kappa shape index (κ3) is 7.88. The second kappa shape index (κ2) is 11.7. The van der Waals surface area contributed by atoms with Crippen LogP contribution in [0.5, 0.6) is 5.75 Å². The van der Waals surface area contributed by atoms with Crippen LogP contribution < -0.4 is 4.74 Å². The van der Waals surface area contributed by atoms with Crippen molar-refractivity contribution in [1.29, 1.82) is 0 Å². The van der Waals surface area contributed by atoms with E-state index < -0.39 is 0 Å². The highest BCUT2D eigenvalue weighted by atomic mass is 16.5. The van der Waals surface area contributed by atoms with E-state index in [4.69, 9.17) is 4.74 Å². The van der Waals surface area contributed by atoms with Crippen LogP contribution >= 0.6 is 0 Å². The summed E-state index contributed by atoms with van der Waals surface area (Å²) in [4.78, 5) is 3.67. The van der Waals surface area contributed by atoms with Gasteiger partial charge in [-0.1, -0.05) is 49.6 Å². The molecule has 0 fully saturated rings. The SMILES string of the molecule is C=CC=C.C=N/C=C\C(=C/C)COc1ccccc1C. The van der Waals surface area contributed by atoms with E-state index in [1.54, 1.807) is 18.4 Å². The van der Waals surface area contributed by atoms with Gasteiger partial charge in [0.1, 0.15) is 12.4 Å². The zero-order valence-corrected chi connectivity index (χ0v) is 12.4. The normalized spacial score (nSPS) is 10.4. The number of nitrogens with zero attached hydrogens (tertiary/aromatic N) is 1. The number of benzene rings is 1. The van der Waals surface area contributed by atoms with Gasteiger partial charge in [0.15, 0.2) is 0 Å². The lowest BCUT2D eigenvalue weighted by Gasteiger charge is -2.08. The Morgan fingerprint density at radius 2 is 1.90 bits per heavy atom. The summed E-state index contributed by atoms with van der Waals surface area (Å²) >= 11 is 0. The molecule has 0 aliphatic carbocycles. The number of hydrogen-bond acceptors (Lipinski definition) is 2. The summed E-state index contributed by atoms with van der Waals surface area (Å²) < 4.78 is 5.71. The van der Waals surface area contributed by atoms with E-state index in [0.717, 1.165) is 16.9 Å². The van der Waals surface area contributed by atoms with E-state index in [1.807, 2.05) is 50.3 Å². The first-order valence-electron chi connectivity index (χ1n) is 6.39. The molecule has 0 unspecified atom stereocenters. The summed E-state index contributed by atoms with van der Waals surface area (Å²) in [5, 5.41) is 0. The maximum absolute atomic E-state index is 5.71. The molecule has 0 aromatic heterocycles. The fourth-order valence-corrected chi connectivity index (χ4v) is 1.26. The molecule has 0 heterocycles. The molecule has 0 spiro atoms. The smallest absolute Gasteiger partial charge is 0.122 e. The van der Waals surface area contributed by atoms with E-state index in [9.17, 15) is 0 Å². The average Bonchev–Trinajstić information content (AvgIpc) is 2.49. The van der Waals surface area contributed by atoms with Crippen molar-refractivity contribution in [2.45, 2.75) is 13.8 Å². The van der Waals surface area contributed by atoms with Gasteiger partial charge in [-0.25, -0.2) is 0 Å². The Morgan fingerprint density at radius 3 is 2.40 bits per heavy atom. The molecule has 2 nitrogen and oxygen atoms in total. The molecular weight excluding hydrogens is 246 g/mol. The predicted octanol–water partition coefficient (Wildman–Crippen LogP) is 4.89. The summed E-state index contributed by atoms with van der Waals surface area (Å²) in [5.74, 6) is 0.918. The largest absolute Gasteiger partial charge is 0.489 e. The Labute approximate surface area is 122 Å². The molecule has 20 heavy (non-hydrogen) atoms. The minimum Gasteiger partial charge on any atom is -0.489 e. The van der Waals surface area contributed by atoms with Gasteiger partial charge >= 0.3 is 0 Å². The van der Waals surface area contributed by atoms with Gasteiger partial charge in [-0.3, -0.25) is 4.99 Å². The molecule has 1 aromatic carbocycles. The molecule has 0 radical (unpaired) electrons. The molecule has 106 valence electrons. The summed E-state index contributed by atoms with van der Waals surface area (Å²) in [6, 6.07) is 7.98. The van der Waals surface area contributed by atoms with Gasteiger partial charge < -0.3 is 4.74 Å². The number of allylic oxidation sites excluding steroid dienone is 3. The molecule has 1 rings (SSSR count). The van der Waals surface area contributed by atoms with Crippen molar-refractivity contribution in [1.82, 2.24) is 0 Å². The van der Waals surface area contributed by atoms with Crippen molar-refractivity contribution >= 4 is 6.72 Å². The topological polar surface area (TPSA) is 21.6 Å².